The highest BCUT2D eigenvalue weighted by atomic mass is 79.9. The first-order chi connectivity index (χ1) is 13.5. The Kier molecular flexibility index (Phi) is 5.07. The molecule has 0 unspecified atom stereocenters. The first kappa shape index (κ1) is 18.9. The zero-order valence-electron chi connectivity index (χ0n) is 15.3. The molecule has 1 aliphatic heterocycles. The summed E-state index contributed by atoms with van der Waals surface area (Å²) in [6, 6.07) is 15.2. The van der Waals surface area contributed by atoms with E-state index in [1.807, 2.05) is 61.7 Å². The Morgan fingerprint density at radius 3 is 2.79 bits per heavy atom. The van der Waals surface area contributed by atoms with E-state index in [0.717, 1.165) is 10.0 Å². The summed E-state index contributed by atoms with van der Waals surface area (Å²) in [6.45, 7) is 1.83. The summed E-state index contributed by atoms with van der Waals surface area (Å²) in [6.07, 6.45) is 1.64. The molecular weight excluding hydrogens is 440 g/mol. The second kappa shape index (κ2) is 7.52. The number of hydrogen-bond acceptors (Lipinski definition) is 4. The lowest BCUT2D eigenvalue weighted by atomic mass is 10.0. The number of aromatic amines is 1. The molecule has 4 rings (SSSR count). The van der Waals surface area contributed by atoms with E-state index in [4.69, 9.17) is 0 Å². The van der Waals surface area contributed by atoms with E-state index < -0.39 is 6.17 Å². The summed E-state index contributed by atoms with van der Waals surface area (Å²) in [5, 5.41) is 5.16. The second-order valence-corrected chi connectivity index (χ2v) is 8.03. The molecule has 28 heavy (non-hydrogen) atoms. The fourth-order valence-electron chi connectivity index (χ4n) is 3.47. The van der Waals surface area contributed by atoms with Gasteiger partial charge in [0.15, 0.2) is 0 Å². The number of nitrogens with zero attached hydrogens (tertiary/aromatic N) is 3. The Labute approximate surface area is 174 Å². The van der Waals surface area contributed by atoms with Crippen molar-refractivity contribution in [2.45, 2.75) is 24.7 Å². The number of halogens is 1. The second-order valence-electron chi connectivity index (χ2n) is 6.32. The van der Waals surface area contributed by atoms with Crippen LogP contribution in [0.15, 0.2) is 63.0 Å². The zero-order chi connectivity index (χ0) is 19.8. The van der Waals surface area contributed by atoms with Gasteiger partial charge in [0.05, 0.1) is 11.3 Å². The van der Waals surface area contributed by atoms with Crippen LogP contribution in [0.4, 0.5) is 5.69 Å². The minimum atomic E-state index is -0.553. The van der Waals surface area contributed by atoms with Gasteiger partial charge in [0, 0.05) is 21.6 Å². The molecule has 0 bridgehead atoms. The maximum atomic E-state index is 13.0. The number of nitrogens with one attached hydrogen (secondary N) is 1. The average molecular weight is 458 g/mol. The number of rotatable bonds is 3. The smallest absolute Gasteiger partial charge is 0.291 e. The minimum Gasteiger partial charge on any atom is -0.291 e. The van der Waals surface area contributed by atoms with Gasteiger partial charge in [-0.3, -0.25) is 14.6 Å². The molecule has 0 aliphatic carbocycles. The summed E-state index contributed by atoms with van der Waals surface area (Å²) in [7, 11) is 0. The lowest BCUT2D eigenvalue weighted by Gasteiger charge is -2.32. The van der Waals surface area contributed by atoms with E-state index in [0.29, 0.717) is 28.5 Å². The van der Waals surface area contributed by atoms with Gasteiger partial charge in [-0.2, -0.15) is 0 Å². The lowest BCUT2D eigenvalue weighted by molar-refractivity contribution is -0.763. The number of amides is 1. The van der Waals surface area contributed by atoms with Gasteiger partial charge in [-0.25, -0.2) is 4.90 Å². The van der Waals surface area contributed by atoms with Crippen LogP contribution in [0.2, 0.25) is 0 Å². The number of anilines is 1. The Morgan fingerprint density at radius 1 is 1.29 bits per heavy atom. The van der Waals surface area contributed by atoms with Gasteiger partial charge in [-0.05, 0) is 35.2 Å². The van der Waals surface area contributed by atoms with Crippen LogP contribution in [-0.2, 0) is 4.79 Å². The van der Waals surface area contributed by atoms with Gasteiger partial charge in [-0.15, -0.1) is 0 Å². The van der Waals surface area contributed by atoms with Crippen LogP contribution in [-0.4, -0.2) is 22.2 Å². The van der Waals surface area contributed by atoms with Crippen LogP contribution < -0.4 is 15.1 Å². The molecule has 1 N–H and O–H groups in total. The van der Waals surface area contributed by atoms with Gasteiger partial charge in [0.2, 0.25) is 11.1 Å². The molecule has 0 spiro atoms. The molecular formula is C20H18BrN4O2S+. The molecule has 3 aromatic rings. The molecule has 2 aromatic carbocycles. The highest BCUT2D eigenvalue weighted by molar-refractivity contribution is 9.10. The van der Waals surface area contributed by atoms with Crippen molar-refractivity contribution in [2.24, 2.45) is 0 Å². The Morgan fingerprint density at radius 2 is 2.07 bits per heavy atom. The van der Waals surface area contributed by atoms with E-state index in [1.165, 1.54) is 11.8 Å². The van der Waals surface area contributed by atoms with Gasteiger partial charge in [-0.1, -0.05) is 58.9 Å². The number of carbonyl (C=O) groups is 1. The monoisotopic (exact) mass is 457 g/mol. The number of hydrogen-bond donors (Lipinski definition) is 1. The highest BCUT2D eigenvalue weighted by Crippen LogP contribution is 2.37. The van der Waals surface area contributed by atoms with Crippen molar-refractivity contribution < 1.29 is 9.48 Å². The van der Waals surface area contributed by atoms with Crippen molar-refractivity contribution in [2.75, 3.05) is 11.2 Å². The summed E-state index contributed by atoms with van der Waals surface area (Å²) in [5.41, 5.74) is 2.48. The number of H-pyrrole nitrogens is 1. The third-order valence-corrected chi connectivity index (χ3v) is 5.73. The maximum Gasteiger partial charge on any atom is 0.325 e. The molecule has 0 radical (unpaired) electrons. The molecule has 1 atom stereocenters. The molecule has 2 heterocycles. The van der Waals surface area contributed by atoms with Gasteiger partial charge in [0.25, 0.3) is 6.17 Å². The van der Waals surface area contributed by atoms with Gasteiger partial charge < -0.3 is 0 Å². The number of para-hydroxylation sites is 1. The van der Waals surface area contributed by atoms with Crippen molar-refractivity contribution >= 4 is 39.3 Å². The molecule has 6 nitrogen and oxygen atoms in total. The average Bonchev–Trinajstić information content (AvgIpc) is 2.71. The fourth-order valence-corrected chi connectivity index (χ4v) is 4.25. The highest BCUT2D eigenvalue weighted by Gasteiger charge is 2.45. The van der Waals surface area contributed by atoms with E-state index >= 15 is 0 Å². The summed E-state index contributed by atoms with van der Waals surface area (Å²) < 4.78 is 2.56. The third-order valence-electron chi connectivity index (χ3n) is 4.67. The van der Waals surface area contributed by atoms with Crippen LogP contribution in [0.3, 0.4) is 0 Å². The Bertz CT molecular complexity index is 1130. The van der Waals surface area contributed by atoms with E-state index in [2.05, 4.69) is 26.0 Å². The van der Waals surface area contributed by atoms with E-state index in [1.54, 1.807) is 9.58 Å². The molecule has 0 saturated heterocycles. The van der Waals surface area contributed by atoms with Crippen molar-refractivity contribution in [3.8, 4) is 11.3 Å². The van der Waals surface area contributed by atoms with E-state index in [-0.39, 0.29) is 11.5 Å². The van der Waals surface area contributed by atoms with Crippen LogP contribution in [0.25, 0.3) is 11.3 Å². The minimum absolute atomic E-state index is 0.0386. The summed E-state index contributed by atoms with van der Waals surface area (Å²) in [4.78, 5) is 30.6. The number of fused-ring (bicyclic) bond motifs is 3. The fraction of sp³-hybridized carbons (Fsp3) is 0.200. The number of benzene rings is 2. The molecule has 8 heteroatoms. The number of thioether (sulfide) groups is 1. The van der Waals surface area contributed by atoms with Crippen LogP contribution in [0.5, 0.6) is 0 Å². The molecule has 0 fully saturated rings. The third kappa shape index (κ3) is 3.06. The molecule has 142 valence electrons. The predicted octanol–water partition coefficient (Wildman–Crippen LogP) is 3.51. The van der Waals surface area contributed by atoms with Crippen molar-refractivity contribution in [1.29, 1.82) is 0 Å². The maximum absolute atomic E-state index is 13.0. The van der Waals surface area contributed by atoms with Gasteiger partial charge >= 0.3 is 11.3 Å². The SMILES string of the molecule is CCC(=O)N1c2ccccc2-c2c(=O)[nH]c(SC)n[n+]2[C@@H]1c1cccc(Br)c1. The zero-order valence-corrected chi connectivity index (χ0v) is 17.8. The van der Waals surface area contributed by atoms with Gasteiger partial charge in [0.1, 0.15) is 0 Å². The van der Waals surface area contributed by atoms with Crippen LogP contribution >= 0.6 is 27.7 Å². The lowest BCUT2D eigenvalue weighted by Crippen LogP contribution is -2.60. The summed E-state index contributed by atoms with van der Waals surface area (Å²) >= 11 is 4.86. The quantitative estimate of drug-likeness (QED) is 0.482. The first-order valence-electron chi connectivity index (χ1n) is 8.82. The molecule has 0 saturated carbocycles. The van der Waals surface area contributed by atoms with E-state index in [9.17, 15) is 9.59 Å². The normalized spacial score (nSPS) is 15.1. The number of aromatic nitrogens is 3. The largest absolute Gasteiger partial charge is 0.325 e. The molecule has 1 amide bonds. The first-order valence-corrected chi connectivity index (χ1v) is 10.8. The van der Waals surface area contributed by atoms with Crippen molar-refractivity contribution in [3.05, 3.63) is 68.9 Å². The number of carbonyl (C=O) groups excluding carboxylic acids is 1. The topological polar surface area (TPSA) is 69.9 Å². The van der Waals surface area contributed by atoms with Crippen molar-refractivity contribution in [1.82, 2.24) is 10.1 Å². The molecule has 1 aromatic heterocycles. The van der Waals surface area contributed by atoms with Crippen molar-refractivity contribution in [3.63, 3.8) is 0 Å². The van der Waals surface area contributed by atoms with Crippen LogP contribution in [0.1, 0.15) is 25.1 Å². The Hall–Kier alpha value is -2.45. The predicted molar refractivity (Wildman–Crippen MR) is 112 cm³/mol. The molecule has 1 aliphatic rings. The Balaban J connectivity index is 2.10. The summed E-state index contributed by atoms with van der Waals surface area (Å²) in [5.74, 6) is -0.0386. The van der Waals surface area contributed by atoms with Crippen LogP contribution in [0, 0.1) is 0 Å². The standard InChI is InChI=1S/C20H17BrN4O2S/c1-3-16(26)24-15-10-5-4-9-14(15)17-18(27)22-20(28-2)23-25(17)19(24)12-7-6-8-13(21)11-12/h4-11,19H,3H2,1-2H3/p+1/t19-/m1/s1.